The Kier molecular flexibility index (Phi) is 9.61. The summed E-state index contributed by atoms with van der Waals surface area (Å²) in [6.45, 7) is 6.22. The largest absolute Gasteiger partial charge is 0.494 e. The van der Waals surface area contributed by atoms with Crippen LogP contribution in [-0.2, 0) is 24.2 Å². The Balaban J connectivity index is 1.24. The van der Waals surface area contributed by atoms with Gasteiger partial charge in [-0.15, -0.1) is 0 Å². The third kappa shape index (κ3) is 7.59. The lowest BCUT2D eigenvalue weighted by molar-refractivity contribution is -0.121. The van der Waals surface area contributed by atoms with Gasteiger partial charge in [0.25, 0.3) is 0 Å². The Hall–Kier alpha value is -3.31. The lowest BCUT2D eigenvalue weighted by Gasteiger charge is -2.12. The molecule has 0 bridgehead atoms. The highest BCUT2D eigenvalue weighted by atomic mass is 35.5. The molecule has 0 radical (unpaired) electrons. The summed E-state index contributed by atoms with van der Waals surface area (Å²) < 4.78 is 8.31. The van der Waals surface area contributed by atoms with Gasteiger partial charge in [0.15, 0.2) is 0 Å². The van der Waals surface area contributed by atoms with Gasteiger partial charge >= 0.3 is 0 Å². The minimum absolute atomic E-state index is 0.100. The monoisotopic (exact) mass is 517 g/mol. The van der Waals surface area contributed by atoms with Crippen molar-refractivity contribution in [2.75, 3.05) is 13.2 Å². The molecule has 6 heteroatoms. The van der Waals surface area contributed by atoms with Crippen molar-refractivity contribution in [1.82, 2.24) is 14.9 Å². The maximum atomic E-state index is 12.2. The van der Waals surface area contributed by atoms with Gasteiger partial charge in [0.05, 0.1) is 17.6 Å². The number of aryl methyl sites for hydroxylation is 5. The average molecular weight is 518 g/mol. The average Bonchev–Trinajstić information content (AvgIpc) is 3.26. The second-order valence-electron chi connectivity index (χ2n) is 9.53. The number of benzene rings is 3. The Morgan fingerprint density at radius 1 is 0.946 bits per heavy atom. The van der Waals surface area contributed by atoms with Crippen molar-refractivity contribution in [3.05, 3.63) is 94.3 Å². The Bertz CT molecular complexity index is 1290. The number of fused-ring (bicyclic) bond motifs is 1. The van der Waals surface area contributed by atoms with E-state index >= 15 is 0 Å². The fourth-order valence-electron chi connectivity index (χ4n) is 4.58. The van der Waals surface area contributed by atoms with Crippen molar-refractivity contribution in [3.8, 4) is 5.75 Å². The van der Waals surface area contributed by atoms with Gasteiger partial charge < -0.3 is 14.6 Å². The van der Waals surface area contributed by atoms with Crippen LogP contribution in [0.4, 0.5) is 0 Å². The molecule has 1 N–H and O–H groups in total. The molecule has 0 spiro atoms. The lowest BCUT2D eigenvalue weighted by atomic mass is 10.1. The van der Waals surface area contributed by atoms with Crippen LogP contribution < -0.4 is 10.1 Å². The first-order valence-electron chi connectivity index (χ1n) is 13.2. The quantitative estimate of drug-likeness (QED) is 0.197. The van der Waals surface area contributed by atoms with Crippen LogP contribution in [-0.4, -0.2) is 28.6 Å². The number of carbonyl (C=O) groups is 1. The van der Waals surface area contributed by atoms with Gasteiger partial charge in [-0.25, -0.2) is 4.98 Å². The normalized spacial score (nSPS) is 11.1. The summed E-state index contributed by atoms with van der Waals surface area (Å²) in [5.74, 6) is 2.05. The van der Waals surface area contributed by atoms with Crippen molar-refractivity contribution >= 4 is 28.5 Å². The van der Waals surface area contributed by atoms with Crippen molar-refractivity contribution < 1.29 is 9.53 Å². The van der Waals surface area contributed by atoms with Crippen LogP contribution in [0.5, 0.6) is 5.75 Å². The summed E-state index contributed by atoms with van der Waals surface area (Å²) in [6, 6.07) is 22.4. The van der Waals surface area contributed by atoms with Crippen molar-refractivity contribution in [2.45, 2.75) is 58.9 Å². The van der Waals surface area contributed by atoms with E-state index in [-0.39, 0.29) is 5.91 Å². The van der Waals surface area contributed by atoms with Gasteiger partial charge in [0.1, 0.15) is 11.6 Å². The van der Waals surface area contributed by atoms with E-state index in [1.165, 1.54) is 5.56 Å². The first-order chi connectivity index (χ1) is 18.0. The first kappa shape index (κ1) is 26.7. The number of nitrogens with zero attached hydrogens (tertiary/aromatic N) is 2. The smallest absolute Gasteiger partial charge is 0.220 e. The molecule has 4 rings (SSSR count). The van der Waals surface area contributed by atoms with Crippen molar-refractivity contribution in [2.24, 2.45) is 0 Å². The van der Waals surface area contributed by atoms with E-state index in [9.17, 15) is 4.79 Å². The molecule has 0 fully saturated rings. The molecule has 0 aliphatic carbocycles. The highest BCUT2D eigenvalue weighted by Crippen LogP contribution is 2.26. The molecule has 0 saturated carbocycles. The van der Waals surface area contributed by atoms with Crippen LogP contribution in [0.25, 0.3) is 11.0 Å². The molecule has 0 saturated heterocycles. The van der Waals surface area contributed by atoms with Gasteiger partial charge in [-0.1, -0.05) is 54.1 Å². The molecule has 1 heterocycles. The predicted octanol–water partition coefficient (Wildman–Crippen LogP) is 6.85. The summed E-state index contributed by atoms with van der Waals surface area (Å²) in [6.07, 6.45) is 4.91. The topological polar surface area (TPSA) is 56.1 Å². The van der Waals surface area contributed by atoms with Gasteiger partial charge in [-0.3, -0.25) is 4.79 Å². The minimum Gasteiger partial charge on any atom is -0.494 e. The zero-order valence-corrected chi connectivity index (χ0v) is 22.6. The fraction of sp³-hybridized carbons (Fsp3) is 0.355. The Morgan fingerprint density at radius 3 is 2.46 bits per heavy atom. The molecule has 0 atom stereocenters. The summed E-state index contributed by atoms with van der Waals surface area (Å²) in [5, 5.41) is 3.87. The molecular weight excluding hydrogens is 482 g/mol. The number of imidazole rings is 1. The maximum absolute atomic E-state index is 12.2. The molecule has 37 heavy (non-hydrogen) atoms. The van der Waals surface area contributed by atoms with Crippen LogP contribution in [0.15, 0.2) is 66.7 Å². The number of halogens is 1. The van der Waals surface area contributed by atoms with Gasteiger partial charge in [-0.05, 0) is 80.5 Å². The first-order valence-corrected chi connectivity index (χ1v) is 13.5. The zero-order chi connectivity index (χ0) is 26.0. The molecule has 5 nitrogen and oxygen atoms in total. The number of amides is 1. The lowest BCUT2D eigenvalue weighted by Crippen LogP contribution is -2.25. The molecular formula is C31H36ClN3O2. The van der Waals surface area contributed by atoms with Crippen LogP contribution in [0, 0.1) is 13.8 Å². The number of nitrogens with one attached hydrogen (secondary N) is 1. The van der Waals surface area contributed by atoms with Crippen molar-refractivity contribution in [1.29, 1.82) is 0 Å². The summed E-state index contributed by atoms with van der Waals surface area (Å²) in [4.78, 5) is 17.1. The Labute approximate surface area is 224 Å². The predicted molar refractivity (Wildman–Crippen MR) is 151 cm³/mol. The Morgan fingerprint density at radius 2 is 1.68 bits per heavy atom. The molecule has 1 amide bonds. The zero-order valence-electron chi connectivity index (χ0n) is 21.8. The number of ether oxygens (including phenoxy) is 1. The number of para-hydroxylation sites is 2. The standard InChI is InChI=1S/C31H36ClN3O2/c1-23-21-26(22-24(2)31(23)32)37-20-9-8-19-35-28-14-7-6-13-27(28)34-29(35)15-10-18-33-30(36)17-16-25-11-4-3-5-12-25/h3-7,11-14,21-22H,8-10,15-20H2,1-2H3,(H,33,36). The molecule has 0 aliphatic heterocycles. The molecule has 4 aromatic rings. The number of rotatable bonds is 13. The van der Waals surface area contributed by atoms with E-state index in [0.717, 1.165) is 77.4 Å². The highest BCUT2D eigenvalue weighted by Gasteiger charge is 2.11. The second-order valence-corrected chi connectivity index (χ2v) is 9.91. The van der Waals surface area contributed by atoms with Gasteiger partial charge in [0, 0.05) is 31.0 Å². The molecule has 0 aliphatic rings. The number of aromatic nitrogens is 2. The SMILES string of the molecule is Cc1cc(OCCCCn2c(CCCNC(=O)CCc3ccccc3)nc3ccccc32)cc(C)c1Cl. The molecule has 0 unspecified atom stereocenters. The number of unbranched alkanes of at least 4 members (excludes halogenated alkanes) is 1. The van der Waals surface area contributed by atoms with Crippen LogP contribution in [0.2, 0.25) is 5.02 Å². The van der Waals surface area contributed by atoms with Gasteiger partial charge in [0.2, 0.25) is 5.91 Å². The number of hydrogen-bond donors (Lipinski definition) is 1. The second kappa shape index (κ2) is 13.3. The van der Waals surface area contributed by atoms with Crippen LogP contribution >= 0.6 is 11.6 Å². The van der Waals surface area contributed by atoms with Crippen LogP contribution in [0.1, 0.15) is 48.2 Å². The summed E-state index contributed by atoms with van der Waals surface area (Å²) >= 11 is 6.27. The number of hydrogen-bond acceptors (Lipinski definition) is 3. The van der Waals surface area contributed by atoms with E-state index < -0.39 is 0 Å². The van der Waals surface area contributed by atoms with E-state index in [2.05, 4.69) is 40.2 Å². The highest BCUT2D eigenvalue weighted by molar-refractivity contribution is 6.32. The molecule has 1 aromatic heterocycles. The van der Waals surface area contributed by atoms with E-state index in [1.54, 1.807) is 0 Å². The third-order valence-corrected chi connectivity index (χ3v) is 7.17. The van der Waals surface area contributed by atoms with Crippen LogP contribution in [0.3, 0.4) is 0 Å². The minimum atomic E-state index is 0.100. The van der Waals surface area contributed by atoms with E-state index in [1.807, 2.05) is 50.2 Å². The molecule has 194 valence electrons. The number of carbonyl (C=O) groups excluding carboxylic acids is 1. The maximum Gasteiger partial charge on any atom is 0.220 e. The van der Waals surface area contributed by atoms with E-state index in [4.69, 9.17) is 21.3 Å². The van der Waals surface area contributed by atoms with E-state index in [0.29, 0.717) is 19.6 Å². The summed E-state index contributed by atoms with van der Waals surface area (Å²) in [7, 11) is 0. The summed E-state index contributed by atoms with van der Waals surface area (Å²) in [5.41, 5.74) is 5.45. The third-order valence-electron chi connectivity index (χ3n) is 6.57. The molecule has 3 aromatic carbocycles. The van der Waals surface area contributed by atoms with Crippen molar-refractivity contribution in [3.63, 3.8) is 0 Å². The van der Waals surface area contributed by atoms with Gasteiger partial charge in [-0.2, -0.15) is 0 Å². The fourth-order valence-corrected chi connectivity index (χ4v) is 4.69.